The van der Waals surface area contributed by atoms with E-state index in [1.165, 1.54) is 51.4 Å². The first-order valence-electron chi connectivity index (χ1n) is 7.61. The van der Waals surface area contributed by atoms with Gasteiger partial charge in [0.25, 0.3) is 0 Å². The Balaban J connectivity index is 3.82. The Bertz CT molecular complexity index is 140. The molecule has 0 rings (SSSR count). The number of aliphatic hydroxyl groups is 1. The largest absolute Gasteiger partial charge is 0.396 e. The lowest BCUT2D eigenvalue weighted by Gasteiger charge is -2.23. The van der Waals surface area contributed by atoms with Gasteiger partial charge in [-0.2, -0.15) is 0 Å². The van der Waals surface area contributed by atoms with E-state index in [0.29, 0.717) is 18.7 Å². The van der Waals surface area contributed by atoms with Crippen LogP contribution in [0.25, 0.3) is 0 Å². The van der Waals surface area contributed by atoms with Crippen LogP contribution in [-0.4, -0.2) is 23.8 Å². The molecule has 2 N–H and O–H groups in total. The molecule has 0 saturated carbocycles. The number of unbranched alkanes of at least 4 members (excludes halogenated alkanes) is 4. The van der Waals surface area contributed by atoms with Crippen molar-refractivity contribution in [1.29, 1.82) is 0 Å². The average Bonchev–Trinajstić information content (AvgIpc) is 2.29. The van der Waals surface area contributed by atoms with Crippen molar-refractivity contribution in [3.63, 3.8) is 0 Å². The molecule has 1 atom stereocenters. The lowest BCUT2D eigenvalue weighted by atomic mass is 10.0. The maximum Gasteiger partial charge on any atom is 0.0445 e. The van der Waals surface area contributed by atoms with Gasteiger partial charge >= 0.3 is 0 Å². The second-order valence-electron chi connectivity index (χ2n) is 5.27. The summed E-state index contributed by atoms with van der Waals surface area (Å²) < 4.78 is 0. The van der Waals surface area contributed by atoms with Crippen molar-refractivity contribution in [3.8, 4) is 0 Å². The molecule has 0 heterocycles. The highest BCUT2D eigenvalue weighted by Crippen LogP contribution is 2.12. The highest BCUT2D eigenvalue weighted by molar-refractivity contribution is 4.71. The monoisotopic (exact) mass is 243 g/mol. The second kappa shape index (κ2) is 12.4. The van der Waals surface area contributed by atoms with E-state index in [-0.39, 0.29) is 0 Å². The molecule has 0 radical (unpaired) electrons. The van der Waals surface area contributed by atoms with Crippen LogP contribution >= 0.6 is 0 Å². The maximum atomic E-state index is 8.94. The van der Waals surface area contributed by atoms with E-state index >= 15 is 0 Å². The lowest BCUT2D eigenvalue weighted by Crippen LogP contribution is -2.37. The van der Waals surface area contributed by atoms with Crippen molar-refractivity contribution >= 4 is 0 Å². The summed E-state index contributed by atoms with van der Waals surface area (Å²) >= 11 is 0. The first-order chi connectivity index (χ1) is 8.24. The van der Waals surface area contributed by atoms with Crippen molar-refractivity contribution in [2.45, 2.75) is 90.6 Å². The molecular formula is C15H33NO. The van der Waals surface area contributed by atoms with Crippen LogP contribution in [0.4, 0.5) is 0 Å². The number of aliphatic hydroxyl groups excluding tert-OH is 1. The van der Waals surface area contributed by atoms with E-state index in [1.807, 2.05) is 0 Å². The molecular weight excluding hydrogens is 210 g/mol. The van der Waals surface area contributed by atoms with E-state index in [2.05, 4.69) is 26.1 Å². The Hall–Kier alpha value is -0.0800. The fourth-order valence-corrected chi connectivity index (χ4v) is 2.27. The SMILES string of the molecule is CCCCCC(CCCCC)NC(C)CCO. The van der Waals surface area contributed by atoms with Crippen molar-refractivity contribution < 1.29 is 5.11 Å². The highest BCUT2D eigenvalue weighted by Gasteiger charge is 2.11. The summed E-state index contributed by atoms with van der Waals surface area (Å²) in [4.78, 5) is 0. The van der Waals surface area contributed by atoms with Gasteiger partial charge in [0.1, 0.15) is 0 Å². The highest BCUT2D eigenvalue weighted by atomic mass is 16.3. The summed E-state index contributed by atoms with van der Waals surface area (Å²) in [6.07, 6.45) is 11.4. The maximum absolute atomic E-state index is 8.94. The van der Waals surface area contributed by atoms with Crippen LogP contribution in [0.2, 0.25) is 0 Å². The molecule has 2 nitrogen and oxygen atoms in total. The molecule has 0 spiro atoms. The topological polar surface area (TPSA) is 32.3 Å². The number of hydrogen-bond donors (Lipinski definition) is 2. The van der Waals surface area contributed by atoms with Crippen molar-refractivity contribution in [2.75, 3.05) is 6.61 Å². The predicted molar refractivity (Wildman–Crippen MR) is 76.4 cm³/mol. The van der Waals surface area contributed by atoms with Gasteiger partial charge in [-0.15, -0.1) is 0 Å². The molecule has 0 amide bonds. The number of nitrogens with one attached hydrogen (secondary N) is 1. The van der Waals surface area contributed by atoms with Crippen molar-refractivity contribution in [3.05, 3.63) is 0 Å². The Labute approximate surface area is 108 Å². The van der Waals surface area contributed by atoms with Crippen molar-refractivity contribution in [1.82, 2.24) is 5.32 Å². The normalized spacial score (nSPS) is 13.2. The molecule has 0 bridgehead atoms. The summed E-state index contributed by atoms with van der Waals surface area (Å²) in [7, 11) is 0. The molecule has 0 saturated heterocycles. The zero-order valence-corrected chi connectivity index (χ0v) is 12.2. The van der Waals surface area contributed by atoms with E-state index in [0.717, 1.165) is 6.42 Å². The Morgan fingerprint density at radius 1 is 0.882 bits per heavy atom. The van der Waals surface area contributed by atoms with Gasteiger partial charge in [-0.1, -0.05) is 52.4 Å². The molecule has 17 heavy (non-hydrogen) atoms. The van der Waals surface area contributed by atoms with Crippen LogP contribution in [0.1, 0.15) is 78.6 Å². The molecule has 0 aromatic heterocycles. The van der Waals surface area contributed by atoms with Crippen LogP contribution in [0.15, 0.2) is 0 Å². The molecule has 0 aliphatic rings. The quantitative estimate of drug-likeness (QED) is 0.510. The van der Waals surface area contributed by atoms with Crippen LogP contribution in [0, 0.1) is 0 Å². The molecule has 0 fully saturated rings. The molecule has 0 aromatic carbocycles. The van der Waals surface area contributed by atoms with Gasteiger partial charge in [-0.05, 0) is 26.2 Å². The van der Waals surface area contributed by atoms with Crippen molar-refractivity contribution in [2.24, 2.45) is 0 Å². The Morgan fingerprint density at radius 3 is 1.82 bits per heavy atom. The van der Waals surface area contributed by atoms with Crippen LogP contribution in [0.5, 0.6) is 0 Å². The third kappa shape index (κ3) is 10.8. The zero-order valence-electron chi connectivity index (χ0n) is 12.2. The van der Waals surface area contributed by atoms with Gasteiger partial charge < -0.3 is 10.4 Å². The number of rotatable bonds is 12. The molecule has 0 aliphatic carbocycles. The minimum atomic E-state index is 0.296. The molecule has 104 valence electrons. The molecule has 2 heteroatoms. The van der Waals surface area contributed by atoms with E-state index in [9.17, 15) is 0 Å². The second-order valence-corrected chi connectivity index (χ2v) is 5.27. The fourth-order valence-electron chi connectivity index (χ4n) is 2.27. The third-order valence-corrected chi connectivity index (χ3v) is 3.39. The van der Waals surface area contributed by atoms with Crippen LogP contribution in [0.3, 0.4) is 0 Å². The van der Waals surface area contributed by atoms with Gasteiger partial charge in [-0.25, -0.2) is 0 Å². The lowest BCUT2D eigenvalue weighted by molar-refractivity contribution is 0.258. The fraction of sp³-hybridized carbons (Fsp3) is 1.00. The van der Waals surface area contributed by atoms with Gasteiger partial charge in [0.05, 0.1) is 0 Å². The molecule has 0 aromatic rings. The van der Waals surface area contributed by atoms with Gasteiger partial charge in [-0.3, -0.25) is 0 Å². The average molecular weight is 243 g/mol. The van der Waals surface area contributed by atoms with E-state index in [4.69, 9.17) is 5.11 Å². The standard InChI is InChI=1S/C15H33NO/c1-4-6-8-10-15(11-9-7-5-2)16-14(3)12-13-17/h14-17H,4-13H2,1-3H3. The third-order valence-electron chi connectivity index (χ3n) is 3.39. The smallest absolute Gasteiger partial charge is 0.0445 e. The first-order valence-corrected chi connectivity index (χ1v) is 7.61. The molecule has 1 unspecified atom stereocenters. The van der Waals surface area contributed by atoms with Gasteiger partial charge in [0, 0.05) is 18.7 Å². The van der Waals surface area contributed by atoms with Gasteiger partial charge in [0.15, 0.2) is 0 Å². The Kier molecular flexibility index (Phi) is 12.3. The summed E-state index contributed by atoms with van der Waals surface area (Å²) in [5, 5.41) is 12.6. The Morgan fingerprint density at radius 2 is 1.41 bits per heavy atom. The minimum absolute atomic E-state index is 0.296. The summed E-state index contributed by atoms with van der Waals surface area (Å²) in [6, 6.07) is 1.11. The van der Waals surface area contributed by atoms with E-state index in [1.54, 1.807) is 0 Å². The summed E-state index contributed by atoms with van der Waals surface area (Å²) in [5.74, 6) is 0. The minimum Gasteiger partial charge on any atom is -0.396 e. The van der Waals surface area contributed by atoms with Gasteiger partial charge in [0.2, 0.25) is 0 Å². The summed E-state index contributed by atoms with van der Waals surface area (Å²) in [5.41, 5.74) is 0. The summed E-state index contributed by atoms with van der Waals surface area (Å²) in [6.45, 7) is 7.00. The van der Waals surface area contributed by atoms with E-state index < -0.39 is 0 Å². The zero-order chi connectivity index (χ0) is 12.9. The van der Waals surface area contributed by atoms with Crippen LogP contribution in [-0.2, 0) is 0 Å². The first kappa shape index (κ1) is 16.9. The number of hydrogen-bond acceptors (Lipinski definition) is 2. The van der Waals surface area contributed by atoms with Crippen LogP contribution < -0.4 is 5.32 Å². The predicted octanol–water partition coefficient (Wildman–Crippen LogP) is 3.88. The molecule has 0 aliphatic heterocycles.